The number of rotatable bonds is 4. The van der Waals surface area contributed by atoms with Crippen LogP contribution in [0, 0.1) is 6.92 Å². The first-order chi connectivity index (χ1) is 12.0. The third kappa shape index (κ3) is 4.09. The number of nitrogens with zero attached hydrogens (tertiary/aromatic N) is 1. The van der Waals surface area contributed by atoms with Crippen LogP contribution in [0.1, 0.15) is 12.0 Å². The lowest BCUT2D eigenvalue weighted by molar-refractivity contribution is -0.117. The lowest BCUT2D eigenvalue weighted by atomic mass is 10.2. The fourth-order valence-corrected chi connectivity index (χ4v) is 2.83. The second kappa shape index (κ2) is 7.25. The van der Waals surface area contributed by atoms with Gasteiger partial charge in [-0.3, -0.25) is 4.79 Å². The van der Waals surface area contributed by atoms with Gasteiger partial charge in [0.2, 0.25) is 5.91 Å². The number of hydrogen-bond donors (Lipinski definition) is 2. The SMILES string of the molecule is COc1cccc(NC(=O)NC2CC(=O)N(c3ccc(C)cc3)C2)c1. The largest absolute Gasteiger partial charge is 0.497 e. The molecular formula is C19H21N3O3. The molecule has 6 nitrogen and oxygen atoms in total. The van der Waals surface area contributed by atoms with Crippen molar-refractivity contribution in [1.29, 1.82) is 0 Å². The molecule has 0 bridgehead atoms. The van der Waals surface area contributed by atoms with Crippen molar-refractivity contribution in [3.63, 3.8) is 0 Å². The highest BCUT2D eigenvalue weighted by Gasteiger charge is 2.31. The Morgan fingerprint density at radius 3 is 2.68 bits per heavy atom. The van der Waals surface area contributed by atoms with E-state index >= 15 is 0 Å². The average Bonchev–Trinajstić information content (AvgIpc) is 2.95. The minimum atomic E-state index is -0.336. The number of benzene rings is 2. The van der Waals surface area contributed by atoms with E-state index in [9.17, 15) is 9.59 Å². The maximum absolute atomic E-state index is 12.2. The van der Waals surface area contributed by atoms with E-state index in [1.807, 2.05) is 31.2 Å². The molecule has 2 N–H and O–H groups in total. The Labute approximate surface area is 146 Å². The van der Waals surface area contributed by atoms with Gasteiger partial charge in [-0.15, -0.1) is 0 Å². The monoisotopic (exact) mass is 339 g/mol. The summed E-state index contributed by atoms with van der Waals surface area (Å²) in [6.45, 7) is 2.47. The number of carbonyl (C=O) groups excluding carboxylic acids is 2. The fourth-order valence-electron chi connectivity index (χ4n) is 2.83. The number of urea groups is 1. The summed E-state index contributed by atoms with van der Waals surface area (Å²) in [5.41, 5.74) is 2.63. The number of methoxy groups -OCH3 is 1. The molecule has 0 aromatic heterocycles. The zero-order chi connectivity index (χ0) is 17.8. The molecule has 130 valence electrons. The van der Waals surface area contributed by atoms with Gasteiger partial charge in [-0.1, -0.05) is 23.8 Å². The predicted octanol–water partition coefficient (Wildman–Crippen LogP) is 2.93. The minimum absolute atomic E-state index is 0.00975. The molecule has 3 rings (SSSR count). The zero-order valence-corrected chi connectivity index (χ0v) is 14.3. The smallest absolute Gasteiger partial charge is 0.319 e. The molecule has 2 aromatic carbocycles. The molecular weight excluding hydrogens is 318 g/mol. The summed E-state index contributed by atoms with van der Waals surface area (Å²) in [6, 6.07) is 14.3. The second-order valence-electron chi connectivity index (χ2n) is 6.07. The van der Waals surface area contributed by atoms with Crippen LogP contribution < -0.4 is 20.3 Å². The first kappa shape index (κ1) is 16.8. The van der Waals surface area contributed by atoms with Gasteiger partial charge in [-0.05, 0) is 31.2 Å². The summed E-state index contributed by atoms with van der Waals surface area (Å²) < 4.78 is 5.13. The number of carbonyl (C=O) groups is 2. The van der Waals surface area contributed by atoms with E-state index in [4.69, 9.17) is 4.74 Å². The van der Waals surface area contributed by atoms with E-state index in [1.54, 1.807) is 36.3 Å². The summed E-state index contributed by atoms with van der Waals surface area (Å²) in [7, 11) is 1.57. The van der Waals surface area contributed by atoms with Crippen LogP contribution >= 0.6 is 0 Å². The van der Waals surface area contributed by atoms with Gasteiger partial charge in [0.15, 0.2) is 0 Å². The molecule has 1 unspecified atom stereocenters. The topological polar surface area (TPSA) is 70.7 Å². The lowest BCUT2D eigenvalue weighted by Gasteiger charge is -2.17. The van der Waals surface area contributed by atoms with Gasteiger partial charge in [-0.25, -0.2) is 4.79 Å². The van der Waals surface area contributed by atoms with Crippen molar-refractivity contribution < 1.29 is 14.3 Å². The van der Waals surface area contributed by atoms with E-state index in [0.717, 1.165) is 11.3 Å². The van der Waals surface area contributed by atoms with E-state index in [2.05, 4.69) is 10.6 Å². The Bertz CT molecular complexity index is 774. The van der Waals surface area contributed by atoms with Crippen LogP contribution in [0.3, 0.4) is 0 Å². The molecule has 25 heavy (non-hydrogen) atoms. The van der Waals surface area contributed by atoms with Crippen molar-refractivity contribution in [3.8, 4) is 5.75 Å². The number of amides is 3. The van der Waals surface area contributed by atoms with Gasteiger partial charge in [0.05, 0.1) is 13.2 Å². The van der Waals surface area contributed by atoms with Crippen molar-refractivity contribution in [2.45, 2.75) is 19.4 Å². The van der Waals surface area contributed by atoms with Crippen LogP contribution in [0.2, 0.25) is 0 Å². The van der Waals surface area contributed by atoms with Gasteiger partial charge >= 0.3 is 6.03 Å². The maximum Gasteiger partial charge on any atom is 0.319 e. The van der Waals surface area contributed by atoms with Gasteiger partial charge in [0.25, 0.3) is 0 Å². The molecule has 0 spiro atoms. The Morgan fingerprint density at radius 2 is 1.96 bits per heavy atom. The number of ether oxygens (including phenoxy) is 1. The Balaban J connectivity index is 1.59. The molecule has 3 amide bonds. The third-order valence-electron chi connectivity index (χ3n) is 4.13. The molecule has 1 saturated heterocycles. The molecule has 6 heteroatoms. The number of aryl methyl sites for hydroxylation is 1. The zero-order valence-electron chi connectivity index (χ0n) is 14.3. The van der Waals surface area contributed by atoms with Crippen LogP contribution in [0.25, 0.3) is 0 Å². The number of hydrogen-bond acceptors (Lipinski definition) is 3. The summed E-state index contributed by atoms with van der Waals surface area (Å²) in [4.78, 5) is 26.1. The van der Waals surface area contributed by atoms with Crippen molar-refractivity contribution in [2.75, 3.05) is 23.9 Å². The van der Waals surface area contributed by atoms with Gasteiger partial charge in [-0.2, -0.15) is 0 Å². The standard InChI is InChI=1S/C19H21N3O3/c1-13-6-8-16(9-7-13)22-12-15(11-18(22)23)21-19(24)20-14-4-3-5-17(10-14)25-2/h3-10,15H,11-12H2,1-2H3,(H2,20,21,24). The molecule has 0 radical (unpaired) electrons. The number of nitrogens with one attached hydrogen (secondary N) is 2. The van der Waals surface area contributed by atoms with Crippen LogP contribution in [0.5, 0.6) is 5.75 Å². The van der Waals surface area contributed by atoms with E-state index < -0.39 is 0 Å². The quantitative estimate of drug-likeness (QED) is 0.900. The van der Waals surface area contributed by atoms with Crippen molar-refractivity contribution in [3.05, 3.63) is 54.1 Å². The highest BCUT2D eigenvalue weighted by molar-refractivity contribution is 5.97. The summed E-state index contributed by atoms with van der Waals surface area (Å²) in [5, 5.41) is 5.61. The molecule has 1 fully saturated rings. The highest BCUT2D eigenvalue weighted by Crippen LogP contribution is 2.22. The van der Waals surface area contributed by atoms with Crippen LogP contribution in [0.15, 0.2) is 48.5 Å². The van der Waals surface area contributed by atoms with Crippen molar-refractivity contribution >= 4 is 23.3 Å². The van der Waals surface area contributed by atoms with Crippen LogP contribution in [-0.2, 0) is 4.79 Å². The Morgan fingerprint density at radius 1 is 1.20 bits per heavy atom. The van der Waals surface area contributed by atoms with Gasteiger partial charge in [0.1, 0.15) is 5.75 Å². The molecule has 2 aromatic rings. The normalized spacial score (nSPS) is 16.6. The van der Waals surface area contributed by atoms with E-state index in [-0.39, 0.29) is 18.0 Å². The first-order valence-corrected chi connectivity index (χ1v) is 8.14. The molecule has 0 saturated carbocycles. The van der Waals surface area contributed by atoms with Crippen LogP contribution in [0.4, 0.5) is 16.2 Å². The summed E-state index contributed by atoms with van der Waals surface area (Å²) in [6.07, 6.45) is 0.291. The molecule has 1 aliphatic rings. The number of anilines is 2. The average molecular weight is 339 g/mol. The summed E-state index contributed by atoms with van der Waals surface area (Å²) in [5.74, 6) is 0.676. The van der Waals surface area contributed by atoms with Crippen molar-refractivity contribution in [1.82, 2.24) is 5.32 Å². The molecule has 0 aliphatic carbocycles. The van der Waals surface area contributed by atoms with E-state index in [0.29, 0.717) is 24.4 Å². The van der Waals surface area contributed by atoms with E-state index in [1.165, 1.54) is 0 Å². The van der Waals surface area contributed by atoms with Crippen LogP contribution in [-0.4, -0.2) is 31.6 Å². The second-order valence-corrected chi connectivity index (χ2v) is 6.07. The molecule has 1 heterocycles. The molecule has 1 atom stereocenters. The van der Waals surface area contributed by atoms with Gasteiger partial charge < -0.3 is 20.3 Å². The fraction of sp³-hybridized carbons (Fsp3) is 0.263. The van der Waals surface area contributed by atoms with Crippen molar-refractivity contribution in [2.24, 2.45) is 0 Å². The minimum Gasteiger partial charge on any atom is -0.497 e. The van der Waals surface area contributed by atoms with Gasteiger partial charge in [0, 0.05) is 30.4 Å². The molecule has 1 aliphatic heterocycles. The first-order valence-electron chi connectivity index (χ1n) is 8.14. The maximum atomic E-state index is 12.2. The third-order valence-corrected chi connectivity index (χ3v) is 4.13. The highest BCUT2D eigenvalue weighted by atomic mass is 16.5. The predicted molar refractivity (Wildman–Crippen MR) is 97.1 cm³/mol. The lowest BCUT2D eigenvalue weighted by Crippen LogP contribution is -2.39. The Kier molecular flexibility index (Phi) is 4.88. The Hall–Kier alpha value is -3.02. The summed E-state index contributed by atoms with van der Waals surface area (Å²) >= 11 is 0.